The molecule has 0 spiro atoms. The average molecular weight is 275 g/mol. The summed E-state index contributed by atoms with van der Waals surface area (Å²) in [6.45, 7) is 0. The molecule has 19 heavy (non-hydrogen) atoms. The molecule has 3 rings (SSSR count). The number of hydrogen-bond donors (Lipinski definition) is 1. The zero-order valence-electron chi connectivity index (χ0n) is 10.2. The summed E-state index contributed by atoms with van der Waals surface area (Å²) in [6.07, 6.45) is 0. The summed E-state index contributed by atoms with van der Waals surface area (Å²) in [5.74, 6) is 0.531. The number of methoxy groups -OCH3 is 1. The van der Waals surface area contributed by atoms with Crippen LogP contribution in [-0.2, 0) is 0 Å². The maximum atomic E-state index is 5.89. The Morgan fingerprint density at radius 1 is 1.26 bits per heavy atom. The van der Waals surface area contributed by atoms with Crippen LogP contribution in [0, 0.1) is 0 Å². The Morgan fingerprint density at radius 2 is 2.11 bits per heavy atom. The van der Waals surface area contributed by atoms with Crippen LogP contribution < -0.4 is 10.5 Å². The van der Waals surface area contributed by atoms with E-state index in [1.807, 2.05) is 24.3 Å². The van der Waals surface area contributed by atoms with Gasteiger partial charge in [0.05, 0.1) is 7.11 Å². The van der Waals surface area contributed by atoms with Crippen molar-refractivity contribution in [2.75, 3.05) is 12.8 Å². The van der Waals surface area contributed by atoms with Crippen molar-refractivity contribution < 1.29 is 4.74 Å². The van der Waals surface area contributed by atoms with Crippen molar-refractivity contribution in [3.8, 4) is 17.1 Å². The summed E-state index contributed by atoms with van der Waals surface area (Å²) in [6, 6.07) is 10.9. The van der Waals surface area contributed by atoms with E-state index in [4.69, 9.17) is 22.1 Å². The van der Waals surface area contributed by atoms with Gasteiger partial charge in [-0.15, -0.1) is 0 Å². The van der Waals surface area contributed by atoms with Gasteiger partial charge in [0.1, 0.15) is 10.8 Å². The number of benzene rings is 1. The topological polar surface area (TPSA) is 65.4 Å². The molecule has 0 aliphatic heterocycles. The van der Waals surface area contributed by atoms with E-state index in [1.165, 1.54) is 0 Å². The van der Waals surface area contributed by atoms with Crippen LogP contribution in [0.3, 0.4) is 0 Å². The van der Waals surface area contributed by atoms with Crippen molar-refractivity contribution >= 4 is 22.9 Å². The summed E-state index contributed by atoms with van der Waals surface area (Å²) in [7, 11) is 1.57. The van der Waals surface area contributed by atoms with Crippen LogP contribution >= 0.6 is 11.6 Å². The van der Waals surface area contributed by atoms with Gasteiger partial charge in [-0.3, -0.25) is 0 Å². The highest BCUT2D eigenvalue weighted by Crippen LogP contribution is 2.31. The third-order valence-corrected chi connectivity index (χ3v) is 2.96. The highest BCUT2D eigenvalue weighted by atomic mass is 35.5. The molecule has 0 atom stereocenters. The first-order valence-electron chi connectivity index (χ1n) is 5.64. The van der Waals surface area contributed by atoms with Crippen LogP contribution in [0.1, 0.15) is 0 Å². The van der Waals surface area contributed by atoms with E-state index in [-0.39, 0.29) is 0 Å². The third-order valence-electron chi connectivity index (χ3n) is 2.76. The van der Waals surface area contributed by atoms with E-state index in [0.717, 1.165) is 5.56 Å². The van der Waals surface area contributed by atoms with Gasteiger partial charge in [-0.1, -0.05) is 23.7 Å². The molecule has 0 fully saturated rings. The van der Waals surface area contributed by atoms with Gasteiger partial charge >= 0.3 is 0 Å². The van der Waals surface area contributed by atoms with Gasteiger partial charge < -0.3 is 10.5 Å². The fourth-order valence-electron chi connectivity index (χ4n) is 1.95. The highest BCUT2D eigenvalue weighted by Gasteiger charge is 2.16. The number of fused-ring (bicyclic) bond motifs is 1. The molecule has 0 unspecified atom stereocenters. The van der Waals surface area contributed by atoms with Crippen molar-refractivity contribution in [1.29, 1.82) is 0 Å². The summed E-state index contributed by atoms with van der Waals surface area (Å²) in [5.41, 5.74) is 8.69. The minimum atomic E-state index is 0.377. The lowest BCUT2D eigenvalue weighted by molar-refractivity contribution is 0.389. The van der Waals surface area contributed by atoms with Crippen molar-refractivity contribution in [2.24, 2.45) is 0 Å². The second-order valence-electron chi connectivity index (χ2n) is 4.02. The molecular weight excluding hydrogens is 264 g/mol. The molecule has 0 aliphatic rings. The highest BCUT2D eigenvalue weighted by molar-refractivity contribution is 6.29. The Morgan fingerprint density at radius 3 is 2.84 bits per heavy atom. The predicted molar refractivity (Wildman–Crippen MR) is 74.4 cm³/mol. The van der Waals surface area contributed by atoms with E-state index >= 15 is 0 Å². The molecule has 5 nitrogen and oxygen atoms in total. The first-order valence-corrected chi connectivity index (χ1v) is 6.02. The molecule has 1 aromatic carbocycles. The number of halogens is 1. The van der Waals surface area contributed by atoms with Crippen LogP contribution in [-0.4, -0.2) is 21.7 Å². The molecule has 2 aromatic heterocycles. The smallest absolute Gasteiger partial charge is 0.243 e. The number of anilines is 1. The second kappa shape index (κ2) is 4.44. The maximum Gasteiger partial charge on any atom is 0.243 e. The Hall–Kier alpha value is -2.27. The summed E-state index contributed by atoms with van der Waals surface area (Å²) < 4.78 is 6.96. The minimum absolute atomic E-state index is 0.377. The summed E-state index contributed by atoms with van der Waals surface area (Å²) in [5, 5.41) is 4.56. The number of imidazole rings is 1. The minimum Gasteiger partial charge on any atom is -0.479 e. The maximum absolute atomic E-state index is 5.89. The normalized spacial score (nSPS) is 10.8. The zero-order chi connectivity index (χ0) is 13.4. The average Bonchev–Trinajstić information content (AvgIpc) is 2.76. The van der Waals surface area contributed by atoms with Gasteiger partial charge in [0.25, 0.3) is 0 Å². The quantitative estimate of drug-likeness (QED) is 0.730. The number of rotatable bonds is 2. The number of nitrogen functional groups attached to an aromatic ring is 1. The Labute approximate surface area is 114 Å². The molecule has 2 N–H and O–H groups in total. The Kier molecular flexibility index (Phi) is 2.76. The van der Waals surface area contributed by atoms with Crippen LogP contribution in [0.15, 0.2) is 36.4 Å². The Bertz CT molecular complexity index is 753. The molecule has 0 saturated heterocycles. The van der Waals surface area contributed by atoms with E-state index in [9.17, 15) is 0 Å². The first-order chi connectivity index (χ1) is 9.19. The van der Waals surface area contributed by atoms with Crippen LogP contribution in [0.5, 0.6) is 5.88 Å². The van der Waals surface area contributed by atoms with Gasteiger partial charge in [0.15, 0.2) is 5.65 Å². The predicted octanol–water partition coefficient (Wildman–Crippen LogP) is 2.64. The van der Waals surface area contributed by atoms with Gasteiger partial charge in [0, 0.05) is 11.3 Å². The van der Waals surface area contributed by atoms with Crippen LogP contribution in [0.2, 0.25) is 5.15 Å². The molecule has 96 valence electrons. The summed E-state index contributed by atoms with van der Waals surface area (Å²) in [4.78, 5) is 4.50. The Balaban J connectivity index is 2.29. The molecule has 3 aromatic rings. The molecule has 0 amide bonds. The number of hydrogen-bond acceptors (Lipinski definition) is 4. The fraction of sp³-hybridized carbons (Fsp3) is 0.0769. The number of nitrogens with zero attached hydrogens (tertiary/aromatic N) is 3. The lowest BCUT2D eigenvalue weighted by Crippen LogP contribution is -1.96. The van der Waals surface area contributed by atoms with E-state index < -0.39 is 0 Å². The SMILES string of the molecule is COc1c(-c2cccc(N)c2)nc2ccc(Cl)nn12. The lowest BCUT2D eigenvalue weighted by Gasteiger charge is -2.03. The van der Waals surface area contributed by atoms with Crippen molar-refractivity contribution in [2.45, 2.75) is 0 Å². The van der Waals surface area contributed by atoms with Gasteiger partial charge in [-0.25, -0.2) is 4.98 Å². The zero-order valence-corrected chi connectivity index (χ0v) is 10.9. The molecule has 2 heterocycles. The number of ether oxygens (including phenoxy) is 1. The molecule has 0 radical (unpaired) electrons. The van der Waals surface area contributed by atoms with Crippen LogP contribution in [0.25, 0.3) is 16.9 Å². The first kappa shape index (κ1) is 11.8. The van der Waals surface area contributed by atoms with E-state index in [2.05, 4.69) is 10.1 Å². The monoisotopic (exact) mass is 274 g/mol. The van der Waals surface area contributed by atoms with Gasteiger partial charge in [-0.2, -0.15) is 9.61 Å². The molecule has 0 aliphatic carbocycles. The van der Waals surface area contributed by atoms with Gasteiger partial charge in [0.2, 0.25) is 5.88 Å². The van der Waals surface area contributed by atoms with Gasteiger partial charge in [-0.05, 0) is 24.3 Å². The van der Waals surface area contributed by atoms with E-state index in [0.29, 0.717) is 28.1 Å². The van der Waals surface area contributed by atoms with Crippen molar-refractivity contribution in [3.05, 3.63) is 41.6 Å². The fourth-order valence-corrected chi connectivity index (χ4v) is 2.09. The lowest BCUT2D eigenvalue weighted by atomic mass is 10.1. The molecule has 6 heteroatoms. The van der Waals surface area contributed by atoms with Crippen molar-refractivity contribution in [3.63, 3.8) is 0 Å². The molecular formula is C13H11ClN4O. The second-order valence-corrected chi connectivity index (χ2v) is 4.41. The van der Waals surface area contributed by atoms with Crippen LogP contribution in [0.4, 0.5) is 5.69 Å². The standard InChI is InChI=1S/C13H11ClN4O/c1-19-13-12(8-3-2-4-9(15)7-8)16-11-6-5-10(14)17-18(11)13/h2-7H,15H2,1H3. The number of nitrogens with two attached hydrogens (primary N) is 1. The largest absolute Gasteiger partial charge is 0.479 e. The molecule has 0 bridgehead atoms. The number of aromatic nitrogens is 3. The third kappa shape index (κ3) is 1.98. The van der Waals surface area contributed by atoms with Crippen molar-refractivity contribution in [1.82, 2.24) is 14.6 Å². The molecule has 0 saturated carbocycles. The summed E-state index contributed by atoms with van der Waals surface area (Å²) >= 11 is 5.89. The van der Waals surface area contributed by atoms with E-state index in [1.54, 1.807) is 23.8 Å².